The Morgan fingerprint density at radius 3 is 2.38 bits per heavy atom. The summed E-state index contributed by atoms with van der Waals surface area (Å²) in [5.74, 6) is -4.63. The normalized spacial score (nSPS) is 19.9. The SMILES string of the molecule is CSC(ON=C(C(=O)N[C@@H]1C(=O)N2C(C(=O)O)=C(CCl)CS[C@@H]12)c1nsc(C(=O)OC(C)(C)C)n1)C(=O)OC(C)(C)C. The number of carboxylic acids is 1. The number of ether oxygens (including phenoxy) is 2. The molecule has 14 nitrogen and oxygen atoms in total. The number of aromatic nitrogens is 2. The Balaban J connectivity index is 1.89. The average Bonchev–Trinajstić information content (AvgIpc) is 3.36. The van der Waals surface area contributed by atoms with Gasteiger partial charge in [0.25, 0.3) is 17.3 Å². The van der Waals surface area contributed by atoms with Crippen molar-refractivity contribution in [1.82, 2.24) is 19.6 Å². The molecule has 0 bridgehead atoms. The van der Waals surface area contributed by atoms with Crippen LogP contribution in [0, 0.1) is 0 Å². The van der Waals surface area contributed by atoms with Crippen LogP contribution in [0.2, 0.25) is 0 Å². The van der Waals surface area contributed by atoms with Crippen LogP contribution in [0.1, 0.15) is 57.2 Å². The van der Waals surface area contributed by atoms with Gasteiger partial charge in [-0.25, -0.2) is 19.4 Å². The molecule has 1 saturated heterocycles. The average molecular weight is 664 g/mol. The highest BCUT2D eigenvalue weighted by atomic mass is 35.5. The maximum atomic E-state index is 13.4. The molecule has 0 aliphatic carbocycles. The number of nitrogens with zero attached hydrogens (tertiary/aromatic N) is 4. The van der Waals surface area contributed by atoms with Gasteiger partial charge in [-0.05, 0) is 64.9 Å². The monoisotopic (exact) mass is 663 g/mol. The third kappa shape index (κ3) is 7.93. The summed E-state index contributed by atoms with van der Waals surface area (Å²) in [5.41, 5.74) is -3.29. The van der Waals surface area contributed by atoms with E-state index in [0.717, 1.165) is 16.7 Å². The van der Waals surface area contributed by atoms with Crippen LogP contribution >= 0.6 is 46.7 Å². The quantitative estimate of drug-likeness (QED) is 0.0927. The van der Waals surface area contributed by atoms with Gasteiger partial charge in [0, 0.05) is 11.6 Å². The van der Waals surface area contributed by atoms with Gasteiger partial charge in [-0.2, -0.15) is 4.37 Å². The summed E-state index contributed by atoms with van der Waals surface area (Å²) in [4.78, 5) is 73.8. The first-order valence-electron chi connectivity index (χ1n) is 12.3. The second-order valence-corrected chi connectivity index (χ2v) is 13.8. The Hall–Kier alpha value is -2.89. The summed E-state index contributed by atoms with van der Waals surface area (Å²) >= 11 is 8.70. The van der Waals surface area contributed by atoms with Crippen LogP contribution in [0.25, 0.3) is 0 Å². The first kappa shape index (κ1) is 33.6. The number of oxime groups is 1. The molecule has 1 aromatic heterocycles. The Morgan fingerprint density at radius 2 is 1.83 bits per heavy atom. The fraction of sp³-hybridized carbons (Fsp3) is 0.583. The van der Waals surface area contributed by atoms with E-state index >= 15 is 0 Å². The number of hydrogen-bond acceptors (Lipinski definition) is 14. The molecule has 1 aromatic rings. The van der Waals surface area contributed by atoms with Gasteiger partial charge in [-0.15, -0.1) is 35.1 Å². The van der Waals surface area contributed by atoms with Crippen LogP contribution < -0.4 is 5.32 Å². The molecule has 42 heavy (non-hydrogen) atoms. The fourth-order valence-corrected chi connectivity index (χ4v) is 6.13. The molecule has 0 aromatic carbocycles. The lowest BCUT2D eigenvalue weighted by molar-refractivity contribution is -0.162. The van der Waals surface area contributed by atoms with Crippen LogP contribution in [0.5, 0.6) is 0 Å². The predicted octanol–water partition coefficient (Wildman–Crippen LogP) is 2.22. The number of alkyl halides is 1. The smallest absolute Gasteiger partial charge is 0.369 e. The van der Waals surface area contributed by atoms with Gasteiger partial charge in [0.1, 0.15) is 28.3 Å². The summed E-state index contributed by atoms with van der Waals surface area (Å²) in [6.45, 7) is 10.0. The minimum absolute atomic E-state index is 0.0694. The Bertz CT molecular complexity index is 1340. The van der Waals surface area contributed by atoms with Gasteiger partial charge in [0.15, 0.2) is 0 Å². The third-order valence-corrected chi connectivity index (χ3v) is 8.24. The third-order valence-electron chi connectivity index (χ3n) is 5.18. The zero-order valence-electron chi connectivity index (χ0n) is 23.8. The lowest BCUT2D eigenvalue weighted by Gasteiger charge is -2.49. The number of thioether (sulfide) groups is 2. The number of β-lactam (4-membered cyclic amide) rings is 1. The van der Waals surface area contributed by atoms with E-state index in [2.05, 4.69) is 19.8 Å². The van der Waals surface area contributed by atoms with Crippen molar-refractivity contribution in [2.75, 3.05) is 17.9 Å². The number of aliphatic carboxylic acids is 1. The van der Waals surface area contributed by atoms with Crippen molar-refractivity contribution in [2.45, 2.75) is 69.6 Å². The minimum atomic E-state index is -1.31. The molecule has 230 valence electrons. The van der Waals surface area contributed by atoms with E-state index < -0.39 is 63.5 Å². The number of carboxylic acid groups (broad SMARTS) is 1. The van der Waals surface area contributed by atoms with Crippen molar-refractivity contribution in [3.8, 4) is 0 Å². The highest BCUT2D eigenvalue weighted by Gasteiger charge is 2.54. The van der Waals surface area contributed by atoms with Crippen molar-refractivity contribution in [2.24, 2.45) is 5.16 Å². The first-order valence-corrected chi connectivity index (χ1v) is 16.0. The first-order chi connectivity index (χ1) is 19.5. The molecule has 2 N–H and O–H groups in total. The molecule has 1 fully saturated rings. The van der Waals surface area contributed by atoms with Gasteiger partial charge in [0.2, 0.25) is 16.5 Å². The summed E-state index contributed by atoms with van der Waals surface area (Å²) in [6.07, 6.45) is 1.57. The van der Waals surface area contributed by atoms with Crippen molar-refractivity contribution in [1.29, 1.82) is 0 Å². The number of halogens is 1. The van der Waals surface area contributed by atoms with E-state index in [9.17, 15) is 29.1 Å². The molecule has 3 atom stereocenters. The summed E-state index contributed by atoms with van der Waals surface area (Å²) in [7, 11) is 0. The Morgan fingerprint density at radius 1 is 1.19 bits per heavy atom. The van der Waals surface area contributed by atoms with E-state index in [4.69, 9.17) is 25.9 Å². The zero-order valence-corrected chi connectivity index (χ0v) is 27.0. The second-order valence-electron chi connectivity index (χ2n) is 10.8. The number of carbonyl (C=O) groups excluding carboxylic acids is 4. The van der Waals surface area contributed by atoms with Crippen LogP contribution in [0.4, 0.5) is 0 Å². The number of hydrogen-bond donors (Lipinski definition) is 2. The number of carbonyl (C=O) groups is 5. The van der Waals surface area contributed by atoms with Crippen molar-refractivity contribution < 1.29 is 43.4 Å². The molecular weight excluding hydrogens is 634 g/mol. The Labute approximate surface area is 259 Å². The molecule has 18 heteroatoms. The molecule has 2 amide bonds. The van der Waals surface area contributed by atoms with E-state index in [0.29, 0.717) is 17.1 Å². The van der Waals surface area contributed by atoms with Crippen molar-refractivity contribution in [3.05, 3.63) is 22.1 Å². The maximum Gasteiger partial charge on any atom is 0.369 e. The number of rotatable bonds is 10. The van der Waals surface area contributed by atoms with E-state index in [1.165, 1.54) is 11.8 Å². The van der Waals surface area contributed by atoms with Gasteiger partial charge in [-0.1, -0.05) is 5.16 Å². The van der Waals surface area contributed by atoms with Crippen LogP contribution in [-0.2, 0) is 33.5 Å². The predicted molar refractivity (Wildman–Crippen MR) is 156 cm³/mol. The Kier molecular flexibility index (Phi) is 10.5. The van der Waals surface area contributed by atoms with Crippen LogP contribution in [0.15, 0.2) is 16.4 Å². The summed E-state index contributed by atoms with van der Waals surface area (Å²) < 4.78 is 14.7. The van der Waals surface area contributed by atoms with Crippen LogP contribution in [-0.4, -0.2) is 101 Å². The van der Waals surface area contributed by atoms with Gasteiger partial charge in [-0.3, -0.25) is 14.5 Å². The largest absolute Gasteiger partial charge is 0.477 e. The van der Waals surface area contributed by atoms with Gasteiger partial charge in [0.05, 0.1) is 0 Å². The summed E-state index contributed by atoms with van der Waals surface area (Å²) in [6, 6.07) is -1.12. The van der Waals surface area contributed by atoms with Crippen molar-refractivity contribution in [3.63, 3.8) is 0 Å². The highest BCUT2D eigenvalue weighted by molar-refractivity contribution is 8.00. The lowest BCUT2D eigenvalue weighted by atomic mass is 10.0. The van der Waals surface area contributed by atoms with Crippen LogP contribution in [0.3, 0.4) is 0 Å². The topological polar surface area (TPSA) is 187 Å². The number of nitrogens with one attached hydrogen (secondary N) is 1. The molecule has 2 aliphatic heterocycles. The molecular formula is C24H30ClN5O9S3. The molecule has 0 spiro atoms. The maximum absolute atomic E-state index is 13.4. The minimum Gasteiger partial charge on any atom is -0.477 e. The molecule has 0 saturated carbocycles. The lowest BCUT2D eigenvalue weighted by Crippen LogP contribution is -2.71. The van der Waals surface area contributed by atoms with E-state index in [1.54, 1.807) is 47.8 Å². The second kappa shape index (κ2) is 13.2. The number of esters is 2. The summed E-state index contributed by atoms with van der Waals surface area (Å²) in [5, 5.41) is 15.1. The molecule has 3 heterocycles. The van der Waals surface area contributed by atoms with Gasteiger partial charge >= 0.3 is 17.9 Å². The molecule has 3 rings (SSSR count). The fourth-order valence-electron chi connectivity index (χ4n) is 3.54. The number of amides is 2. The highest BCUT2D eigenvalue weighted by Crippen LogP contribution is 2.40. The van der Waals surface area contributed by atoms with Crippen molar-refractivity contribution >= 4 is 82.1 Å². The molecule has 1 unspecified atom stereocenters. The zero-order chi connectivity index (χ0) is 31.6. The number of fused-ring (bicyclic) bond motifs is 1. The standard InChI is InChI=1S/C24H30ClN5O9S3/c1-23(2,3)37-20(35)16-27-14(29-42-16)11(28-39-22(40-7)21(36)38-24(4,5)6)15(31)26-12-17(32)30-13(19(33)34)10(8-25)9-41-18(12)30/h12,18,22H,8-9H2,1-7H3,(H,26,31)(H,33,34)/t12-,18+,22?/m1/s1. The van der Waals surface area contributed by atoms with E-state index in [1.807, 2.05) is 0 Å². The molecule has 2 aliphatic rings. The molecule has 0 radical (unpaired) electrons. The van der Waals surface area contributed by atoms with Gasteiger partial charge < -0.3 is 24.7 Å². The van der Waals surface area contributed by atoms with E-state index in [-0.39, 0.29) is 28.2 Å².